The summed E-state index contributed by atoms with van der Waals surface area (Å²) in [5.41, 5.74) is 0.194. The summed E-state index contributed by atoms with van der Waals surface area (Å²) in [6.45, 7) is 6.68. The molecule has 2 rings (SSSR count). The molecule has 0 N–H and O–H groups in total. The van der Waals surface area contributed by atoms with Crippen LogP contribution in [0, 0.1) is 6.92 Å². The summed E-state index contributed by atoms with van der Waals surface area (Å²) in [5, 5.41) is 0. The predicted octanol–water partition coefficient (Wildman–Crippen LogP) is 3.05. The van der Waals surface area contributed by atoms with Gasteiger partial charge in [0.15, 0.2) is 0 Å². The molecule has 0 aliphatic carbocycles. The Hall–Kier alpha value is -1.67. The van der Waals surface area contributed by atoms with Gasteiger partial charge in [-0.3, -0.25) is 9.08 Å². The first-order valence-electron chi connectivity index (χ1n) is 8.09. The number of nitrogens with zero attached hydrogens (tertiary/aromatic N) is 1. The van der Waals surface area contributed by atoms with Gasteiger partial charge >= 0.3 is 6.09 Å². The first-order valence-corrected chi connectivity index (χ1v) is 9.50. The van der Waals surface area contributed by atoms with Crippen LogP contribution in [0.15, 0.2) is 29.2 Å². The van der Waals surface area contributed by atoms with Crippen LogP contribution in [0.5, 0.6) is 0 Å². The summed E-state index contributed by atoms with van der Waals surface area (Å²) in [5.74, 6) is 0. The van der Waals surface area contributed by atoms with Crippen LogP contribution in [0.25, 0.3) is 0 Å². The van der Waals surface area contributed by atoms with Crippen molar-refractivity contribution in [2.45, 2.75) is 56.8 Å². The van der Waals surface area contributed by atoms with E-state index >= 15 is 0 Å². The summed E-state index contributed by atoms with van der Waals surface area (Å²) in [7, 11) is -4.02. The maximum Gasteiger partial charge on any atom is 0.410 e. The van der Waals surface area contributed by atoms with Gasteiger partial charge in [-0.15, -0.1) is 0 Å². The highest BCUT2D eigenvalue weighted by atomic mass is 32.2. The lowest BCUT2D eigenvalue weighted by Crippen LogP contribution is -2.44. The molecule has 0 spiro atoms. The van der Waals surface area contributed by atoms with Crippen LogP contribution in [0.4, 0.5) is 9.18 Å². The SMILES string of the molecule is Cc1ccc(S(=O)(=O)OCC2C(F)CCN2C(=O)OC(C)(C)C)cc1. The number of carbonyl (C=O) groups excluding carboxylic acids is 1. The average molecular weight is 373 g/mol. The molecule has 8 heteroatoms. The maximum absolute atomic E-state index is 14.1. The van der Waals surface area contributed by atoms with Gasteiger partial charge in [0.05, 0.1) is 17.5 Å². The minimum Gasteiger partial charge on any atom is -0.444 e. The van der Waals surface area contributed by atoms with Crippen LogP contribution >= 0.6 is 0 Å². The summed E-state index contributed by atoms with van der Waals surface area (Å²) in [6.07, 6.45) is -1.91. The van der Waals surface area contributed by atoms with E-state index in [4.69, 9.17) is 8.92 Å². The highest BCUT2D eigenvalue weighted by Gasteiger charge is 2.40. The van der Waals surface area contributed by atoms with E-state index in [0.717, 1.165) is 5.56 Å². The van der Waals surface area contributed by atoms with Gasteiger partial charge in [0.25, 0.3) is 10.1 Å². The van der Waals surface area contributed by atoms with Gasteiger partial charge in [-0.2, -0.15) is 8.42 Å². The lowest BCUT2D eigenvalue weighted by molar-refractivity contribution is 0.0147. The minimum absolute atomic E-state index is 0.00433. The maximum atomic E-state index is 14.1. The van der Waals surface area contributed by atoms with Crippen LogP contribution < -0.4 is 0 Å². The van der Waals surface area contributed by atoms with Crippen molar-refractivity contribution >= 4 is 16.2 Å². The fourth-order valence-electron chi connectivity index (χ4n) is 2.49. The molecule has 1 fully saturated rings. The number of rotatable bonds is 4. The third-order valence-corrected chi connectivity index (χ3v) is 5.09. The summed E-state index contributed by atoms with van der Waals surface area (Å²) < 4.78 is 48.9. The van der Waals surface area contributed by atoms with E-state index in [1.807, 2.05) is 6.92 Å². The van der Waals surface area contributed by atoms with Crippen LogP contribution in [-0.4, -0.2) is 50.4 Å². The second kappa shape index (κ2) is 7.29. The summed E-state index contributed by atoms with van der Waals surface area (Å²) >= 11 is 0. The molecule has 0 saturated carbocycles. The molecule has 2 unspecified atom stereocenters. The van der Waals surface area contributed by atoms with Gasteiger partial charge in [0, 0.05) is 6.54 Å². The van der Waals surface area contributed by atoms with Gasteiger partial charge in [0.1, 0.15) is 11.8 Å². The number of amides is 1. The molecule has 25 heavy (non-hydrogen) atoms. The molecule has 0 aromatic heterocycles. The molecule has 1 amide bonds. The molecular formula is C17H24FNO5S. The first-order chi connectivity index (χ1) is 11.5. The largest absolute Gasteiger partial charge is 0.444 e. The van der Waals surface area contributed by atoms with Crippen molar-refractivity contribution in [3.8, 4) is 0 Å². The highest BCUT2D eigenvalue weighted by molar-refractivity contribution is 7.86. The number of halogens is 1. The van der Waals surface area contributed by atoms with E-state index < -0.39 is 40.6 Å². The topological polar surface area (TPSA) is 72.9 Å². The zero-order valence-corrected chi connectivity index (χ0v) is 15.7. The molecule has 1 saturated heterocycles. The van der Waals surface area contributed by atoms with E-state index in [0.29, 0.717) is 0 Å². The number of hydrogen-bond donors (Lipinski definition) is 0. The smallest absolute Gasteiger partial charge is 0.410 e. The number of aryl methyl sites for hydroxylation is 1. The van der Waals surface area contributed by atoms with E-state index in [-0.39, 0.29) is 17.9 Å². The molecule has 6 nitrogen and oxygen atoms in total. The standard InChI is InChI=1S/C17H24FNO5S/c1-12-5-7-13(8-6-12)25(21,22)23-11-15-14(18)9-10-19(15)16(20)24-17(2,3)4/h5-8,14-15H,9-11H2,1-4H3. The fraction of sp³-hybridized carbons (Fsp3) is 0.588. The zero-order chi connectivity index (χ0) is 18.8. The Balaban J connectivity index is 2.06. The highest BCUT2D eigenvalue weighted by Crippen LogP contribution is 2.25. The van der Waals surface area contributed by atoms with Gasteiger partial charge < -0.3 is 4.74 Å². The normalized spacial score (nSPS) is 21.4. The molecule has 140 valence electrons. The Morgan fingerprint density at radius 2 is 1.88 bits per heavy atom. The molecule has 1 aromatic carbocycles. The monoisotopic (exact) mass is 373 g/mol. The first kappa shape index (κ1) is 19.7. The van der Waals surface area contributed by atoms with Gasteiger partial charge in [0.2, 0.25) is 0 Å². The molecule has 1 aliphatic rings. The number of carbonyl (C=O) groups is 1. The fourth-order valence-corrected chi connectivity index (χ4v) is 3.41. The average Bonchev–Trinajstić information content (AvgIpc) is 2.85. The summed E-state index contributed by atoms with van der Waals surface area (Å²) in [6, 6.07) is 5.17. The zero-order valence-electron chi connectivity index (χ0n) is 14.9. The Morgan fingerprint density at radius 1 is 1.28 bits per heavy atom. The molecule has 1 aromatic rings. The van der Waals surface area contributed by atoms with Gasteiger partial charge in [-0.25, -0.2) is 9.18 Å². The molecule has 1 heterocycles. The quantitative estimate of drug-likeness (QED) is 0.759. The van der Waals surface area contributed by atoms with Crippen LogP contribution in [0.3, 0.4) is 0 Å². The van der Waals surface area contributed by atoms with Gasteiger partial charge in [-0.1, -0.05) is 17.7 Å². The van der Waals surface area contributed by atoms with Crippen molar-refractivity contribution in [3.05, 3.63) is 29.8 Å². The van der Waals surface area contributed by atoms with E-state index in [1.165, 1.54) is 17.0 Å². The van der Waals surface area contributed by atoms with Crippen LogP contribution in [-0.2, 0) is 19.0 Å². The molecule has 0 bridgehead atoms. The van der Waals surface area contributed by atoms with Crippen molar-refractivity contribution in [1.82, 2.24) is 4.90 Å². The molecule has 0 radical (unpaired) electrons. The van der Waals surface area contributed by atoms with Crippen molar-refractivity contribution < 1.29 is 26.5 Å². The predicted molar refractivity (Wildman–Crippen MR) is 90.6 cm³/mol. The lowest BCUT2D eigenvalue weighted by Gasteiger charge is -2.28. The third-order valence-electron chi connectivity index (χ3n) is 3.80. The second-order valence-corrected chi connectivity index (χ2v) is 8.71. The third kappa shape index (κ3) is 5.15. The number of ether oxygens (including phenoxy) is 1. The Labute approximate surface area is 148 Å². The molecule has 2 atom stereocenters. The Kier molecular flexibility index (Phi) is 5.73. The number of hydrogen-bond acceptors (Lipinski definition) is 5. The lowest BCUT2D eigenvalue weighted by atomic mass is 10.2. The molecule has 1 aliphatic heterocycles. The van der Waals surface area contributed by atoms with Gasteiger partial charge in [-0.05, 0) is 46.2 Å². The summed E-state index contributed by atoms with van der Waals surface area (Å²) in [4.78, 5) is 13.4. The second-order valence-electron chi connectivity index (χ2n) is 7.10. The van der Waals surface area contributed by atoms with Crippen molar-refractivity contribution in [2.24, 2.45) is 0 Å². The van der Waals surface area contributed by atoms with Crippen molar-refractivity contribution in [3.63, 3.8) is 0 Å². The van der Waals surface area contributed by atoms with Crippen LogP contribution in [0.1, 0.15) is 32.8 Å². The Morgan fingerprint density at radius 3 is 2.44 bits per heavy atom. The van der Waals surface area contributed by atoms with E-state index in [1.54, 1.807) is 32.9 Å². The van der Waals surface area contributed by atoms with Crippen molar-refractivity contribution in [2.75, 3.05) is 13.2 Å². The number of benzene rings is 1. The van der Waals surface area contributed by atoms with Crippen molar-refractivity contribution in [1.29, 1.82) is 0 Å². The number of likely N-dealkylation sites (tertiary alicyclic amines) is 1. The minimum atomic E-state index is -4.02. The Bertz CT molecular complexity index is 712. The molecular weight excluding hydrogens is 349 g/mol. The van der Waals surface area contributed by atoms with E-state index in [2.05, 4.69) is 0 Å². The van der Waals surface area contributed by atoms with E-state index in [9.17, 15) is 17.6 Å². The number of alkyl halides is 1. The van der Waals surface area contributed by atoms with Crippen LogP contribution in [0.2, 0.25) is 0 Å².